The molecule has 5 aromatic rings. The Morgan fingerprint density at radius 2 is 1.82 bits per heavy atom. The minimum absolute atomic E-state index is 0.200. The summed E-state index contributed by atoms with van der Waals surface area (Å²) in [4.78, 5) is 34.3. The first kappa shape index (κ1) is 21.3. The van der Waals surface area contributed by atoms with E-state index in [1.807, 2.05) is 54.0 Å². The van der Waals surface area contributed by atoms with Gasteiger partial charge in [0, 0.05) is 29.6 Å². The molecule has 0 unspecified atom stereocenters. The third-order valence-corrected chi connectivity index (χ3v) is 5.49. The molecule has 8 heteroatoms. The van der Waals surface area contributed by atoms with Crippen LogP contribution >= 0.6 is 0 Å². The lowest BCUT2D eigenvalue weighted by atomic mass is 10.1. The number of nitrogens with zero attached hydrogens (tertiary/aromatic N) is 4. The molecule has 0 aliphatic carbocycles. The summed E-state index contributed by atoms with van der Waals surface area (Å²) >= 11 is 0. The zero-order valence-electron chi connectivity index (χ0n) is 18.3. The van der Waals surface area contributed by atoms with E-state index in [9.17, 15) is 14.0 Å². The lowest BCUT2D eigenvalue weighted by Gasteiger charge is -2.11. The number of halogens is 1. The number of anilines is 1. The molecule has 0 aliphatic heterocycles. The number of rotatable bonds is 5. The fraction of sp³-hybridized carbons (Fsp3) is 0.0769. The topological polar surface area (TPSA) is 81.3 Å². The summed E-state index contributed by atoms with van der Waals surface area (Å²) in [7, 11) is 0. The minimum Gasteiger partial charge on any atom is -0.324 e. The van der Waals surface area contributed by atoms with Crippen molar-refractivity contribution in [3.05, 3.63) is 107 Å². The fourth-order valence-corrected chi connectivity index (χ4v) is 3.77. The van der Waals surface area contributed by atoms with Gasteiger partial charge >= 0.3 is 0 Å². The maximum absolute atomic E-state index is 13.1. The van der Waals surface area contributed by atoms with E-state index in [0.717, 1.165) is 22.5 Å². The molecule has 0 saturated heterocycles. The second kappa shape index (κ2) is 8.74. The third kappa shape index (κ3) is 4.21. The van der Waals surface area contributed by atoms with E-state index in [-0.39, 0.29) is 23.8 Å². The lowest BCUT2D eigenvalue weighted by Crippen LogP contribution is -2.27. The Bertz CT molecular complexity index is 1570. The highest BCUT2D eigenvalue weighted by molar-refractivity contribution is 5.95. The van der Waals surface area contributed by atoms with Crippen LogP contribution in [0.1, 0.15) is 5.56 Å². The second-order valence-electron chi connectivity index (χ2n) is 7.89. The van der Waals surface area contributed by atoms with Crippen LogP contribution in [0.4, 0.5) is 10.1 Å². The van der Waals surface area contributed by atoms with Gasteiger partial charge in [0.1, 0.15) is 18.0 Å². The van der Waals surface area contributed by atoms with E-state index < -0.39 is 0 Å². The van der Waals surface area contributed by atoms with Gasteiger partial charge in [0.15, 0.2) is 0 Å². The molecule has 0 radical (unpaired) electrons. The molecular formula is C26H20FN5O2. The van der Waals surface area contributed by atoms with E-state index in [4.69, 9.17) is 4.98 Å². The van der Waals surface area contributed by atoms with Gasteiger partial charge in [0.25, 0.3) is 5.56 Å². The van der Waals surface area contributed by atoms with Crippen molar-refractivity contribution >= 4 is 17.2 Å². The van der Waals surface area contributed by atoms with Crippen molar-refractivity contribution in [1.82, 2.24) is 18.9 Å². The molecule has 0 saturated carbocycles. The van der Waals surface area contributed by atoms with Gasteiger partial charge in [-0.25, -0.2) is 14.4 Å². The van der Waals surface area contributed by atoms with Crippen molar-refractivity contribution in [2.24, 2.45) is 0 Å². The van der Waals surface area contributed by atoms with Gasteiger partial charge in [-0.2, -0.15) is 0 Å². The first-order chi connectivity index (χ1) is 16.5. The number of imidazole rings is 1. The number of hydrogen-bond donors (Lipinski definition) is 1. The summed E-state index contributed by atoms with van der Waals surface area (Å²) in [5, 5.41) is 2.88. The summed E-state index contributed by atoms with van der Waals surface area (Å²) in [6, 6.07) is 18.4. The maximum Gasteiger partial charge on any atom is 0.254 e. The summed E-state index contributed by atoms with van der Waals surface area (Å²) in [6.45, 7) is 1.79. The highest BCUT2D eigenvalue weighted by atomic mass is 19.1. The molecule has 0 bridgehead atoms. The predicted molar refractivity (Wildman–Crippen MR) is 128 cm³/mol. The van der Waals surface area contributed by atoms with Crippen LogP contribution in [-0.4, -0.2) is 24.8 Å². The largest absolute Gasteiger partial charge is 0.324 e. The number of amides is 1. The van der Waals surface area contributed by atoms with Crippen molar-refractivity contribution in [3.63, 3.8) is 0 Å². The number of benzene rings is 2. The fourth-order valence-electron chi connectivity index (χ4n) is 3.77. The van der Waals surface area contributed by atoms with E-state index in [1.54, 1.807) is 18.2 Å². The first-order valence-corrected chi connectivity index (χ1v) is 10.6. The Labute approximate surface area is 194 Å². The van der Waals surface area contributed by atoms with Gasteiger partial charge in [-0.1, -0.05) is 24.3 Å². The number of carbonyl (C=O) groups is 1. The molecule has 1 N–H and O–H groups in total. The first-order valence-electron chi connectivity index (χ1n) is 10.6. The molecule has 3 heterocycles. The number of para-hydroxylation sites is 1. The van der Waals surface area contributed by atoms with Gasteiger partial charge in [-0.3, -0.25) is 14.2 Å². The molecule has 3 aromatic heterocycles. The monoisotopic (exact) mass is 453 g/mol. The van der Waals surface area contributed by atoms with Gasteiger partial charge in [0.05, 0.1) is 23.4 Å². The van der Waals surface area contributed by atoms with Crippen LogP contribution in [0.5, 0.6) is 0 Å². The molecule has 2 aromatic carbocycles. The summed E-state index contributed by atoms with van der Waals surface area (Å²) in [5.74, 6) is -0.737. The average molecular weight is 453 g/mol. The zero-order valence-corrected chi connectivity index (χ0v) is 18.3. The van der Waals surface area contributed by atoms with Gasteiger partial charge < -0.3 is 9.72 Å². The Morgan fingerprint density at radius 3 is 2.59 bits per heavy atom. The van der Waals surface area contributed by atoms with Gasteiger partial charge in [-0.05, 0) is 48.9 Å². The molecule has 7 nitrogen and oxygen atoms in total. The molecule has 0 atom stereocenters. The van der Waals surface area contributed by atoms with E-state index in [1.165, 1.54) is 29.1 Å². The lowest BCUT2D eigenvalue weighted by molar-refractivity contribution is -0.116. The Hall–Kier alpha value is -4.59. The van der Waals surface area contributed by atoms with Crippen molar-refractivity contribution in [2.45, 2.75) is 13.5 Å². The number of aryl methyl sites for hydroxylation is 1. The van der Waals surface area contributed by atoms with Crippen molar-refractivity contribution < 1.29 is 9.18 Å². The molecule has 1 amide bonds. The Morgan fingerprint density at radius 1 is 1.03 bits per heavy atom. The van der Waals surface area contributed by atoms with Crippen molar-refractivity contribution in [3.8, 4) is 22.5 Å². The smallest absolute Gasteiger partial charge is 0.254 e. The van der Waals surface area contributed by atoms with Crippen molar-refractivity contribution in [2.75, 3.05) is 5.32 Å². The second-order valence-corrected chi connectivity index (χ2v) is 7.89. The minimum atomic E-state index is -0.381. The number of carbonyl (C=O) groups excluding carboxylic acids is 1. The molecule has 0 fully saturated rings. The standard InChI is InChI=1S/C26H20FN5O2/c1-17-5-4-12-31-14-23(30-26(17)31)20-6-2-3-7-21(20)29-24(33)15-32-16-28-22(13-25(32)34)18-8-10-19(27)11-9-18/h2-14,16H,15H2,1H3,(H,29,33). The van der Waals surface area contributed by atoms with Crippen molar-refractivity contribution in [1.29, 1.82) is 0 Å². The molecular weight excluding hydrogens is 433 g/mol. The highest BCUT2D eigenvalue weighted by Crippen LogP contribution is 2.28. The summed E-state index contributed by atoms with van der Waals surface area (Å²) in [5.41, 5.74) is 4.64. The van der Waals surface area contributed by atoms with Crippen LogP contribution < -0.4 is 10.9 Å². The van der Waals surface area contributed by atoms with Crippen LogP contribution in [0.25, 0.3) is 28.2 Å². The van der Waals surface area contributed by atoms with E-state index >= 15 is 0 Å². The summed E-state index contributed by atoms with van der Waals surface area (Å²) in [6.07, 6.45) is 5.16. The van der Waals surface area contributed by atoms with E-state index in [2.05, 4.69) is 10.3 Å². The van der Waals surface area contributed by atoms with Crippen LogP contribution in [-0.2, 0) is 11.3 Å². The number of fused-ring (bicyclic) bond motifs is 1. The van der Waals surface area contributed by atoms with Crippen LogP contribution in [0.15, 0.2) is 90.2 Å². The molecule has 0 aliphatic rings. The van der Waals surface area contributed by atoms with E-state index in [0.29, 0.717) is 16.9 Å². The average Bonchev–Trinajstić information content (AvgIpc) is 3.27. The number of pyridine rings is 1. The van der Waals surface area contributed by atoms with Gasteiger partial charge in [0.2, 0.25) is 5.91 Å². The predicted octanol–water partition coefficient (Wildman–Crippen LogP) is 4.31. The van der Waals surface area contributed by atoms with Crippen LogP contribution in [0.3, 0.4) is 0 Å². The molecule has 5 rings (SSSR count). The van der Waals surface area contributed by atoms with Crippen LogP contribution in [0, 0.1) is 12.7 Å². The highest BCUT2D eigenvalue weighted by Gasteiger charge is 2.13. The number of hydrogen-bond acceptors (Lipinski definition) is 4. The molecule has 168 valence electrons. The van der Waals surface area contributed by atoms with Gasteiger partial charge in [-0.15, -0.1) is 0 Å². The maximum atomic E-state index is 13.1. The number of nitrogens with one attached hydrogen (secondary N) is 1. The van der Waals surface area contributed by atoms with Crippen LogP contribution in [0.2, 0.25) is 0 Å². The molecule has 34 heavy (non-hydrogen) atoms. The quantitative estimate of drug-likeness (QED) is 0.430. The SMILES string of the molecule is Cc1cccn2cc(-c3ccccc3NC(=O)Cn3cnc(-c4ccc(F)cc4)cc3=O)nc12. The third-order valence-electron chi connectivity index (χ3n) is 5.49. The Kier molecular flexibility index (Phi) is 5.47. The molecule has 0 spiro atoms. The summed E-state index contributed by atoms with van der Waals surface area (Å²) < 4.78 is 16.3. The normalized spacial score (nSPS) is 11.0. The number of aromatic nitrogens is 4. The zero-order chi connectivity index (χ0) is 23.7. The Balaban J connectivity index is 1.37.